The van der Waals surface area contributed by atoms with Crippen molar-refractivity contribution in [3.63, 3.8) is 0 Å². The van der Waals surface area contributed by atoms with Crippen LogP contribution < -0.4 is 0 Å². The summed E-state index contributed by atoms with van der Waals surface area (Å²) in [5, 5.41) is 1.34. The molecule has 3 heteroatoms. The fourth-order valence-electron chi connectivity index (χ4n) is 2.65. The molecule has 1 aromatic carbocycles. The molecule has 2 nitrogen and oxygen atoms in total. The van der Waals surface area contributed by atoms with E-state index in [1.165, 1.54) is 17.9 Å². The summed E-state index contributed by atoms with van der Waals surface area (Å²) >= 11 is 0. The summed E-state index contributed by atoms with van der Waals surface area (Å²) in [6.45, 7) is 11.1. The summed E-state index contributed by atoms with van der Waals surface area (Å²) in [5.74, 6) is 0.0467. The van der Waals surface area contributed by atoms with Crippen LogP contribution in [0.3, 0.4) is 0 Å². The number of methoxy groups -OCH3 is 1. The largest absolute Gasteiger partial charge is 0.466 e. The smallest absolute Gasteiger partial charge is 0.333 e. The van der Waals surface area contributed by atoms with Crippen LogP contribution in [0.4, 0.5) is 0 Å². The Morgan fingerprint density at radius 1 is 1.14 bits per heavy atom. The van der Waals surface area contributed by atoms with E-state index < -0.39 is 8.07 Å². The molecule has 0 aliphatic carbocycles. The van der Waals surface area contributed by atoms with Crippen molar-refractivity contribution in [2.75, 3.05) is 7.11 Å². The van der Waals surface area contributed by atoms with E-state index in [2.05, 4.69) is 57.8 Å². The van der Waals surface area contributed by atoms with Gasteiger partial charge in [0, 0.05) is 5.57 Å². The van der Waals surface area contributed by atoms with Gasteiger partial charge in [-0.2, -0.15) is 0 Å². The Bertz CT molecular complexity index is 496. The van der Waals surface area contributed by atoms with Crippen LogP contribution in [0.5, 0.6) is 0 Å². The van der Waals surface area contributed by atoms with Crippen molar-refractivity contribution in [2.24, 2.45) is 5.92 Å². The third-order valence-corrected chi connectivity index (χ3v) is 6.05. The second kappa shape index (κ2) is 7.60. The Labute approximate surface area is 130 Å². The predicted octanol–water partition coefficient (Wildman–Crippen LogP) is 4.62. The number of rotatable bonds is 6. The van der Waals surface area contributed by atoms with E-state index in [-0.39, 0.29) is 11.9 Å². The Hall–Kier alpha value is -1.35. The molecule has 21 heavy (non-hydrogen) atoms. The minimum atomic E-state index is -1.57. The predicted molar refractivity (Wildman–Crippen MR) is 92.0 cm³/mol. The molecule has 0 fully saturated rings. The molecule has 0 bridgehead atoms. The van der Waals surface area contributed by atoms with E-state index >= 15 is 0 Å². The van der Waals surface area contributed by atoms with Gasteiger partial charge in [-0.3, -0.25) is 0 Å². The molecule has 0 unspecified atom stereocenters. The quantitative estimate of drug-likeness (QED) is 0.435. The molecule has 0 aromatic heterocycles. The lowest BCUT2D eigenvalue weighted by atomic mass is 10.00. The highest BCUT2D eigenvalue weighted by Crippen LogP contribution is 2.28. The lowest BCUT2D eigenvalue weighted by molar-refractivity contribution is -0.136. The maximum atomic E-state index is 12.2. The first-order valence-electron chi connectivity index (χ1n) is 7.63. The highest BCUT2D eigenvalue weighted by molar-refractivity contribution is 6.83. The fraction of sp³-hybridized carbons (Fsp3) is 0.500. The molecule has 0 radical (unpaired) electrons. The summed E-state index contributed by atoms with van der Waals surface area (Å²) in [5.41, 5.74) is 2.22. The van der Waals surface area contributed by atoms with Crippen LogP contribution in [0.2, 0.25) is 19.6 Å². The normalized spacial score (nSPS) is 13.1. The number of esters is 1. The van der Waals surface area contributed by atoms with E-state index in [1.54, 1.807) is 0 Å². The first-order valence-corrected chi connectivity index (χ1v) is 11.1. The van der Waals surface area contributed by atoms with E-state index in [1.807, 2.05) is 6.07 Å². The molecule has 0 atom stereocenters. The fourth-order valence-corrected chi connectivity index (χ4v) is 4.72. The highest BCUT2D eigenvalue weighted by Gasteiger charge is 2.28. The van der Waals surface area contributed by atoms with Gasteiger partial charge in [0.1, 0.15) is 0 Å². The molecule has 0 saturated heterocycles. The van der Waals surface area contributed by atoms with Crippen molar-refractivity contribution in [3.8, 4) is 0 Å². The summed E-state index contributed by atoms with van der Waals surface area (Å²) < 4.78 is 5.03. The van der Waals surface area contributed by atoms with Crippen LogP contribution in [0.15, 0.2) is 41.1 Å². The Morgan fingerprint density at radius 3 is 2.14 bits per heavy atom. The maximum Gasteiger partial charge on any atom is 0.333 e. The molecule has 1 aromatic rings. The second-order valence-corrected chi connectivity index (χ2v) is 11.9. The zero-order valence-electron chi connectivity index (χ0n) is 14.2. The van der Waals surface area contributed by atoms with Crippen molar-refractivity contribution >= 4 is 14.0 Å². The van der Waals surface area contributed by atoms with Crippen LogP contribution >= 0.6 is 0 Å². The number of allylic oxidation sites excluding steroid dienone is 1. The monoisotopic (exact) mass is 304 g/mol. The number of benzene rings is 1. The van der Waals surface area contributed by atoms with Crippen molar-refractivity contribution in [2.45, 2.75) is 46.3 Å². The lowest BCUT2D eigenvalue weighted by Crippen LogP contribution is -2.30. The van der Waals surface area contributed by atoms with Gasteiger partial charge in [-0.15, -0.1) is 0 Å². The van der Waals surface area contributed by atoms with Crippen LogP contribution in [-0.4, -0.2) is 21.2 Å². The lowest BCUT2D eigenvalue weighted by Gasteiger charge is -2.26. The molecule has 0 spiro atoms. The Balaban J connectivity index is 3.12. The van der Waals surface area contributed by atoms with Crippen molar-refractivity contribution < 1.29 is 9.53 Å². The highest BCUT2D eigenvalue weighted by atomic mass is 28.3. The van der Waals surface area contributed by atoms with Gasteiger partial charge in [0.2, 0.25) is 0 Å². The van der Waals surface area contributed by atoms with Crippen molar-refractivity contribution in [1.82, 2.24) is 0 Å². The molecule has 0 N–H and O–H groups in total. The molecule has 1 rings (SSSR count). The standard InChI is InChI=1S/C18H28O2Si/c1-14(2)17(18(19)20-3)16(21(4,5)6)13-12-15-10-8-7-9-11-15/h7-11,14H,12-13H2,1-6H3/b17-16-. The van der Waals surface area contributed by atoms with Gasteiger partial charge in [0.05, 0.1) is 15.2 Å². The van der Waals surface area contributed by atoms with E-state index in [0.29, 0.717) is 0 Å². The van der Waals surface area contributed by atoms with Crippen LogP contribution in [0.1, 0.15) is 25.8 Å². The zero-order valence-corrected chi connectivity index (χ0v) is 15.2. The number of carbonyl (C=O) groups is 1. The van der Waals surface area contributed by atoms with Crippen molar-refractivity contribution in [3.05, 3.63) is 46.7 Å². The molecule has 116 valence electrons. The maximum absolute atomic E-state index is 12.2. The summed E-state index contributed by atoms with van der Waals surface area (Å²) in [6, 6.07) is 10.5. The molecular weight excluding hydrogens is 276 g/mol. The van der Waals surface area contributed by atoms with E-state index in [4.69, 9.17) is 4.74 Å². The molecule has 0 heterocycles. The Morgan fingerprint density at radius 2 is 1.71 bits per heavy atom. The van der Waals surface area contributed by atoms with Gasteiger partial charge in [-0.05, 0) is 24.3 Å². The molecule has 0 amide bonds. The minimum absolute atomic E-state index is 0.157. The average Bonchev–Trinajstić information content (AvgIpc) is 2.42. The number of carbonyl (C=O) groups excluding carboxylic acids is 1. The molecular formula is C18H28O2Si. The van der Waals surface area contributed by atoms with E-state index in [0.717, 1.165) is 18.4 Å². The first kappa shape index (κ1) is 17.7. The third kappa shape index (κ3) is 5.16. The number of hydrogen-bond donors (Lipinski definition) is 0. The summed E-state index contributed by atoms with van der Waals surface area (Å²) in [4.78, 5) is 12.2. The first-order chi connectivity index (χ1) is 9.77. The van der Waals surface area contributed by atoms with Gasteiger partial charge in [-0.1, -0.05) is 69.0 Å². The molecule has 0 aliphatic heterocycles. The zero-order chi connectivity index (χ0) is 16.0. The van der Waals surface area contributed by atoms with Gasteiger partial charge in [0.15, 0.2) is 0 Å². The number of hydrogen-bond acceptors (Lipinski definition) is 2. The second-order valence-electron chi connectivity index (χ2n) is 6.77. The number of ether oxygens (including phenoxy) is 1. The van der Waals surface area contributed by atoms with Crippen LogP contribution in [0, 0.1) is 5.92 Å². The van der Waals surface area contributed by atoms with Crippen molar-refractivity contribution in [1.29, 1.82) is 0 Å². The van der Waals surface area contributed by atoms with Crippen LogP contribution in [-0.2, 0) is 16.0 Å². The van der Waals surface area contributed by atoms with Gasteiger partial charge in [-0.25, -0.2) is 4.79 Å². The van der Waals surface area contributed by atoms with E-state index in [9.17, 15) is 4.79 Å². The minimum Gasteiger partial charge on any atom is -0.466 e. The van der Waals surface area contributed by atoms with Gasteiger partial charge in [0.25, 0.3) is 0 Å². The number of aryl methyl sites for hydroxylation is 1. The molecule has 0 saturated carbocycles. The summed E-state index contributed by atoms with van der Waals surface area (Å²) in [7, 11) is -0.0907. The van der Waals surface area contributed by atoms with Gasteiger partial charge < -0.3 is 4.74 Å². The van der Waals surface area contributed by atoms with Gasteiger partial charge >= 0.3 is 5.97 Å². The average molecular weight is 305 g/mol. The Kier molecular flexibility index (Phi) is 6.40. The SMILES string of the molecule is COC(=O)/C(=C(/CCc1ccccc1)[Si](C)(C)C)C(C)C. The topological polar surface area (TPSA) is 26.3 Å². The third-order valence-electron chi connectivity index (χ3n) is 3.72. The molecule has 0 aliphatic rings. The summed E-state index contributed by atoms with van der Waals surface area (Å²) in [6.07, 6.45) is 1.93. The van der Waals surface area contributed by atoms with Crippen LogP contribution in [0.25, 0.3) is 0 Å².